The van der Waals surface area contributed by atoms with Crippen LogP contribution in [0.4, 0.5) is 0 Å². The van der Waals surface area contributed by atoms with Crippen molar-refractivity contribution >= 4 is 27.5 Å². The number of rotatable bonds is 5. The lowest BCUT2D eigenvalue weighted by Crippen LogP contribution is -1.98. The van der Waals surface area contributed by atoms with Crippen LogP contribution in [0.2, 0.25) is 5.02 Å². The number of ether oxygens (including phenoxy) is 1. The SMILES string of the molecule is COCCc1ccc(C(Br)c2cccc(Cl)c2C)cc1. The molecule has 0 spiro atoms. The molecule has 0 N–H and O–H groups in total. The zero-order chi connectivity index (χ0) is 14.5. The molecule has 0 amide bonds. The first-order valence-corrected chi connectivity index (χ1v) is 7.89. The van der Waals surface area contributed by atoms with Crippen LogP contribution < -0.4 is 0 Å². The second-order valence-electron chi connectivity index (χ2n) is 4.80. The zero-order valence-electron chi connectivity index (χ0n) is 11.7. The van der Waals surface area contributed by atoms with Crippen LogP contribution in [0.3, 0.4) is 0 Å². The summed E-state index contributed by atoms with van der Waals surface area (Å²) in [4.78, 5) is 0.165. The molecule has 20 heavy (non-hydrogen) atoms. The summed E-state index contributed by atoms with van der Waals surface area (Å²) < 4.78 is 5.10. The molecule has 3 heteroatoms. The summed E-state index contributed by atoms with van der Waals surface area (Å²) in [6.45, 7) is 2.81. The largest absolute Gasteiger partial charge is 0.384 e. The number of hydrogen-bond acceptors (Lipinski definition) is 1. The molecule has 0 fully saturated rings. The third kappa shape index (κ3) is 3.63. The van der Waals surface area contributed by atoms with Crippen molar-refractivity contribution in [3.8, 4) is 0 Å². The van der Waals surface area contributed by atoms with Crippen LogP contribution in [-0.2, 0) is 11.2 Å². The molecule has 0 aliphatic heterocycles. The number of halogens is 2. The molecule has 0 aromatic heterocycles. The Morgan fingerprint density at radius 3 is 2.50 bits per heavy atom. The van der Waals surface area contributed by atoms with Gasteiger partial charge in [0, 0.05) is 12.1 Å². The molecule has 1 nitrogen and oxygen atoms in total. The molecule has 0 radical (unpaired) electrons. The fraction of sp³-hybridized carbons (Fsp3) is 0.294. The van der Waals surface area contributed by atoms with Gasteiger partial charge in [-0.05, 0) is 41.7 Å². The highest BCUT2D eigenvalue weighted by atomic mass is 79.9. The standard InChI is InChI=1S/C17H18BrClO/c1-12-15(4-3-5-16(12)19)17(18)14-8-6-13(7-9-14)10-11-20-2/h3-9,17H,10-11H2,1-2H3. The fourth-order valence-corrected chi connectivity index (χ4v) is 3.13. The Kier molecular flexibility index (Phi) is 5.64. The van der Waals surface area contributed by atoms with Crippen LogP contribution >= 0.6 is 27.5 Å². The Morgan fingerprint density at radius 1 is 1.15 bits per heavy atom. The summed E-state index contributed by atoms with van der Waals surface area (Å²) in [6, 6.07) is 14.7. The maximum Gasteiger partial charge on any atom is 0.0647 e. The number of alkyl halides is 1. The molecule has 0 saturated carbocycles. The second-order valence-corrected chi connectivity index (χ2v) is 6.12. The van der Waals surface area contributed by atoms with E-state index in [0.29, 0.717) is 0 Å². The van der Waals surface area contributed by atoms with Crippen LogP contribution in [0.1, 0.15) is 27.1 Å². The molecule has 2 aromatic rings. The van der Waals surface area contributed by atoms with Crippen LogP contribution in [0.15, 0.2) is 42.5 Å². The Hall–Kier alpha value is -0.830. The topological polar surface area (TPSA) is 9.23 Å². The third-order valence-electron chi connectivity index (χ3n) is 3.45. The lowest BCUT2D eigenvalue weighted by Gasteiger charge is -2.15. The summed E-state index contributed by atoms with van der Waals surface area (Å²) in [5, 5.41) is 0.809. The number of methoxy groups -OCH3 is 1. The van der Waals surface area contributed by atoms with Gasteiger partial charge in [-0.1, -0.05) is 63.9 Å². The molecule has 0 aliphatic rings. The predicted octanol–water partition coefficient (Wildman–Crippen LogP) is 5.32. The molecule has 0 heterocycles. The van der Waals surface area contributed by atoms with Crippen LogP contribution in [0.5, 0.6) is 0 Å². The van der Waals surface area contributed by atoms with Gasteiger partial charge in [-0.2, -0.15) is 0 Å². The highest BCUT2D eigenvalue weighted by Gasteiger charge is 2.13. The van der Waals surface area contributed by atoms with Crippen molar-refractivity contribution in [3.63, 3.8) is 0 Å². The summed E-state index contributed by atoms with van der Waals surface area (Å²) in [6.07, 6.45) is 0.944. The van der Waals surface area contributed by atoms with E-state index in [1.807, 2.05) is 12.1 Å². The van der Waals surface area contributed by atoms with Gasteiger partial charge in [-0.3, -0.25) is 0 Å². The highest BCUT2D eigenvalue weighted by molar-refractivity contribution is 9.09. The van der Waals surface area contributed by atoms with E-state index in [0.717, 1.165) is 23.6 Å². The van der Waals surface area contributed by atoms with E-state index in [1.165, 1.54) is 16.7 Å². The van der Waals surface area contributed by atoms with Crippen molar-refractivity contribution in [1.82, 2.24) is 0 Å². The Bertz CT molecular complexity index is 566. The molecular weight excluding hydrogens is 336 g/mol. The van der Waals surface area contributed by atoms with Crippen molar-refractivity contribution in [1.29, 1.82) is 0 Å². The van der Waals surface area contributed by atoms with Crippen molar-refractivity contribution in [2.75, 3.05) is 13.7 Å². The molecule has 2 aromatic carbocycles. The Morgan fingerprint density at radius 2 is 1.85 bits per heavy atom. The van der Waals surface area contributed by atoms with Gasteiger partial charge in [0.25, 0.3) is 0 Å². The summed E-state index contributed by atoms with van der Waals surface area (Å²) in [7, 11) is 1.73. The second kappa shape index (κ2) is 7.26. The van der Waals surface area contributed by atoms with Gasteiger partial charge in [0.05, 0.1) is 11.4 Å². The molecule has 0 saturated heterocycles. The van der Waals surface area contributed by atoms with E-state index in [4.69, 9.17) is 16.3 Å². The van der Waals surface area contributed by atoms with E-state index in [2.05, 4.69) is 53.2 Å². The zero-order valence-corrected chi connectivity index (χ0v) is 14.0. The molecule has 0 bridgehead atoms. The van der Waals surface area contributed by atoms with E-state index < -0.39 is 0 Å². The lowest BCUT2D eigenvalue weighted by molar-refractivity contribution is 0.202. The smallest absolute Gasteiger partial charge is 0.0647 e. The van der Waals surface area contributed by atoms with Crippen molar-refractivity contribution in [2.24, 2.45) is 0 Å². The molecular formula is C17H18BrClO. The summed E-state index contributed by atoms with van der Waals surface area (Å²) in [5.74, 6) is 0. The van der Waals surface area contributed by atoms with Crippen LogP contribution in [0, 0.1) is 6.92 Å². The van der Waals surface area contributed by atoms with Gasteiger partial charge in [0.1, 0.15) is 0 Å². The van der Waals surface area contributed by atoms with Crippen molar-refractivity contribution < 1.29 is 4.74 Å². The highest BCUT2D eigenvalue weighted by Crippen LogP contribution is 2.35. The fourth-order valence-electron chi connectivity index (χ4n) is 2.15. The Balaban J connectivity index is 2.20. The van der Waals surface area contributed by atoms with Crippen LogP contribution in [-0.4, -0.2) is 13.7 Å². The predicted molar refractivity (Wildman–Crippen MR) is 89.0 cm³/mol. The monoisotopic (exact) mass is 352 g/mol. The maximum absolute atomic E-state index is 6.19. The van der Waals surface area contributed by atoms with E-state index in [-0.39, 0.29) is 4.83 Å². The van der Waals surface area contributed by atoms with Gasteiger partial charge in [-0.15, -0.1) is 0 Å². The normalized spacial score (nSPS) is 12.4. The van der Waals surface area contributed by atoms with E-state index >= 15 is 0 Å². The maximum atomic E-state index is 6.19. The summed E-state index contributed by atoms with van der Waals surface area (Å²) >= 11 is 9.97. The van der Waals surface area contributed by atoms with Gasteiger partial charge >= 0.3 is 0 Å². The molecule has 1 atom stereocenters. The van der Waals surface area contributed by atoms with Gasteiger partial charge in [-0.25, -0.2) is 0 Å². The molecule has 1 unspecified atom stereocenters. The molecule has 106 valence electrons. The van der Waals surface area contributed by atoms with E-state index in [1.54, 1.807) is 7.11 Å². The summed E-state index contributed by atoms with van der Waals surface area (Å²) in [5.41, 5.74) is 4.86. The van der Waals surface area contributed by atoms with Crippen molar-refractivity contribution in [3.05, 3.63) is 69.7 Å². The molecule has 2 rings (SSSR count). The third-order valence-corrected chi connectivity index (χ3v) is 4.88. The van der Waals surface area contributed by atoms with Gasteiger partial charge in [0.15, 0.2) is 0 Å². The average molecular weight is 354 g/mol. The minimum atomic E-state index is 0.165. The first-order valence-electron chi connectivity index (χ1n) is 6.60. The lowest BCUT2D eigenvalue weighted by atomic mass is 9.99. The van der Waals surface area contributed by atoms with Crippen molar-refractivity contribution in [2.45, 2.75) is 18.2 Å². The minimum Gasteiger partial charge on any atom is -0.384 e. The first kappa shape index (κ1) is 15.6. The average Bonchev–Trinajstić information content (AvgIpc) is 2.48. The van der Waals surface area contributed by atoms with Gasteiger partial charge in [0.2, 0.25) is 0 Å². The number of hydrogen-bond donors (Lipinski definition) is 0. The van der Waals surface area contributed by atoms with Crippen LogP contribution in [0.25, 0.3) is 0 Å². The number of benzene rings is 2. The first-order chi connectivity index (χ1) is 9.63. The molecule has 0 aliphatic carbocycles. The Labute approximate surface area is 134 Å². The van der Waals surface area contributed by atoms with E-state index in [9.17, 15) is 0 Å². The minimum absolute atomic E-state index is 0.165. The quantitative estimate of drug-likeness (QED) is 0.661. The van der Waals surface area contributed by atoms with Gasteiger partial charge < -0.3 is 4.74 Å².